The topological polar surface area (TPSA) is 45.2 Å². The van der Waals surface area contributed by atoms with Crippen LogP contribution >= 0.6 is 24.8 Å². The van der Waals surface area contributed by atoms with E-state index in [2.05, 4.69) is 17.2 Å². The predicted octanol–water partition coefficient (Wildman–Crippen LogP) is 2.66. The molecule has 0 bridgehead atoms. The first kappa shape index (κ1) is 20.2. The van der Waals surface area contributed by atoms with Crippen molar-refractivity contribution in [3.05, 3.63) is 30.1 Å². The first-order valence-electron chi connectivity index (χ1n) is 7.06. The van der Waals surface area contributed by atoms with Crippen molar-refractivity contribution in [1.29, 1.82) is 0 Å². The zero-order valence-electron chi connectivity index (χ0n) is 12.7. The van der Waals surface area contributed by atoms with Gasteiger partial charge in [-0.3, -0.25) is 9.78 Å². The Bertz CT molecular complexity index is 422. The average Bonchev–Trinajstić information content (AvgIpc) is 2.46. The largest absolute Gasteiger partial charge is 0.337 e. The predicted molar refractivity (Wildman–Crippen MR) is 90.0 cm³/mol. The average molecular weight is 334 g/mol. The standard InChI is InChI=1S/C15H23N3O.2ClH/c1-3-18(11-13-7-4-5-10-17-13)14(19)15(2)8-6-9-16-12-15;;/h4-5,7,10,16H,3,6,8-9,11-12H2,1-2H3;2*1H. The van der Waals surface area contributed by atoms with Gasteiger partial charge in [-0.05, 0) is 45.4 Å². The fraction of sp³-hybridized carbons (Fsp3) is 0.600. The molecule has 6 heteroatoms. The van der Waals surface area contributed by atoms with E-state index in [1.54, 1.807) is 6.20 Å². The van der Waals surface area contributed by atoms with Crippen LogP contribution in [0, 0.1) is 5.41 Å². The van der Waals surface area contributed by atoms with Crippen LogP contribution in [-0.2, 0) is 11.3 Å². The molecule has 0 radical (unpaired) electrons. The molecule has 4 nitrogen and oxygen atoms in total. The van der Waals surface area contributed by atoms with Gasteiger partial charge in [0.05, 0.1) is 17.7 Å². The molecule has 120 valence electrons. The third kappa shape index (κ3) is 5.13. The van der Waals surface area contributed by atoms with Gasteiger partial charge in [0.25, 0.3) is 0 Å². The number of rotatable bonds is 4. The third-order valence-electron chi connectivity index (χ3n) is 3.86. The summed E-state index contributed by atoms with van der Waals surface area (Å²) in [5, 5.41) is 3.34. The molecule has 1 fully saturated rings. The van der Waals surface area contributed by atoms with Crippen molar-refractivity contribution in [3.63, 3.8) is 0 Å². The van der Waals surface area contributed by atoms with E-state index in [4.69, 9.17) is 0 Å². The zero-order valence-corrected chi connectivity index (χ0v) is 14.3. The fourth-order valence-electron chi connectivity index (χ4n) is 2.63. The van der Waals surface area contributed by atoms with Crippen LogP contribution in [-0.4, -0.2) is 35.4 Å². The number of hydrogen-bond donors (Lipinski definition) is 1. The molecule has 1 saturated heterocycles. The molecule has 0 aromatic carbocycles. The minimum absolute atomic E-state index is 0. The lowest BCUT2D eigenvalue weighted by Crippen LogP contribution is -2.50. The number of halogens is 2. The molecular formula is C15H25Cl2N3O. The summed E-state index contributed by atoms with van der Waals surface area (Å²) < 4.78 is 0. The van der Waals surface area contributed by atoms with Crippen molar-refractivity contribution in [2.24, 2.45) is 5.41 Å². The summed E-state index contributed by atoms with van der Waals surface area (Å²) in [6.07, 6.45) is 3.82. The first-order chi connectivity index (χ1) is 9.15. The van der Waals surface area contributed by atoms with Crippen LogP contribution < -0.4 is 5.32 Å². The molecular weight excluding hydrogens is 309 g/mol. The molecule has 1 atom stereocenters. The number of carbonyl (C=O) groups is 1. The maximum absolute atomic E-state index is 12.7. The van der Waals surface area contributed by atoms with Crippen molar-refractivity contribution in [2.75, 3.05) is 19.6 Å². The van der Waals surface area contributed by atoms with E-state index in [1.165, 1.54) is 0 Å². The number of pyridine rings is 1. The van der Waals surface area contributed by atoms with E-state index in [-0.39, 0.29) is 36.1 Å². The number of nitrogens with one attached hydrogen (secondary N) is 1. The van der Waals surface area contributed by atoms with Crippen LogP contribution in [0.4, 0.5) is 0 Å². The molecule has 1 amide bonds. The zero-order chi connectivity index (χ0) is 13.7. The number of nitrogens with zero attached hydrogens (tertiary/aromatic N) is 2. The van der Waals surface area contributed by atoms with E-state index < -0.39 is 0 Å². The second kappa shape index (κ2) is 9.23. The normalized spacial score (nSPS) is 20.9. The Morgan fingerprint density at radius 2 is 2.19 bits per heavy atom. The second-order valence-electron chi connectivity index (χ2n) is 5.48. The van der Waals surface area contributed by atoms with Gasteiger partial charge in [-0.1, -0.05) is 6.07 Å². The lowest BCUT2D eigenvalue weighted by molar-refractivity contribution is -0.142. The van der Waals surface area contributed by atoms with E-state index in [0.29, 0.717) is 6.54 Å². The summed E-state index contributed by atoms with van der Waals surface area (Å²) in [6, 6.07) is 5.83. The Morgan fingerprint density at radius 3 is 2.71 bits per heavy atom. The summed E-state index contributed by atoms with van der Waals surface area (Å²) in [6.45, 7) is 7.24. The number of hydrogen-bond acceptors (Lipinski definition) is 3. The highest BCUT2D eigenvalue weighted by atomic mass is 35.5. The molecule has 2 heterocycles. The van der Waals surface area contributed by atoms with E-state index >= 15 is 0 Å². The Morgan fingerprint density at radius 1 is 1.43 bits per heavy atom. The molecule has 0 saturated carbocycles. The summed E-state index contributed by atoms with van der Waals surface area (Å²) >= 11 is 0. The lowest BCUT2D eigenvalue weighted by atomic mass is 9.81. The Balaban J connectivity index is 0.00000200. The fourth-order valence-corrected chi connectivity index (χ4v) is 2.63. The third-order valence-corrected chi connectivity index (χ3v) is 3.86. The molecule has 2 rings (SSSR count). The van der Waals surface area contributed by atoms with Crippen molar-refractivity contribution >= 4 is 30.7 Å². The van der Waals surface area contributed by atoms with Crippen molar-refractivity contribution < 1.29 is 4.79 Å². The second-order valence-corrected chi connectivity index (χ2v) is 5.48. The lowest BCUT2D eigenvalue weighted by Gasteiger charge is -2.37. The summed E-state index contributed by atoms with van der Waals surface area (Å²) in [5.41, 5.74) is 0.688. The Kier molecular flexibility index (Phi) is 8.86. The summed E-state index contributed by atoms with van der Waals surface area (Å²) in [4.78, 5) is 18.9. The summed E-state index contributed by atoms with van der Waals surface area (Å²) in [7, 11) is 0. The maximum atomic E-state index is 12.7. The Labute approximate surface area is 139 Å². The molecule has 1 N–H and O–H groups in total. The van der Waals surface area contributed by atoms with E-state index in [0.717, 1.165) is 38.2 Å². The molecule has 1 aromatic heterocycles. The van der Waals surface area contributed by atoms with Gasteiger partial charge < -0.3 is 10.2 Å². The number of carbonyl (C=O) groups excluding carboxylic acids is 1. The number of piperidine rings is 1. The highest BCUT2D eigenvalue weighted by molar-refractivity contribution is 5.85. The van der Waals surface area contributed by atoms with Crippen LogP contribution in [0.15, 0.2) is 24.4 Å². The maximum Gasteiger partial charge on any atom is 0.230 e. The minimum Gasteiger partial charge on any atom is -0.337 e. The van der Waals surface area contributed by atoms with Crippen LogP contribution in [0.25, 0.3) is 0 Å². The molecule has 0 aliphatic carbocycles. The Hall–Kier alpha value is -0.840. The van der Waals surface area contributed by atoms with Gasteiger partial charge in [-0.2, -0.15) is 0 Å². The van der Waals surface area contributed by atoms with Gasteiger partial charge >= 0.3 is 0 Å². The SMILES string of the molecule is CCN(Cc1ccccn1)C(=O)C1(C)CCCNC1.Cl.Cl. The molecule has 1 unspecified atom stereocenters. The van der Waals surface area contributed by atoms with Gasteiger partial charge in [-0.15, -0.1) is 24.8 Å². The number of aromatic nitrogens is 1. The van der Waals surface area contributed by atoms with Gasteiger partial charge in [-0.25, -0.2) is 0 Å². The van der Waals surface area contributed by atoms with Gasteiger partial charge in [0.1, 0.15) is 0 Å². The van der Waals surface area contributed by atoms with Crippen molar-refractivity contribution in [3.8, 4) is 0 Å². The van der Waals surface area contributed by atoms with Crippen LogP contribution in [0.3, 0.4) is 0 Å². The van der Waals surface area contributed by atoms with E-state index in [1.807, 2.05) is 30.0 Å². The minimum atomic E-state index is -0.261. The highest BCUT2D eigenvalue weighted by Gasteiger charge is 2.37. The van der Waals surface area contributed by atoms with Crippen LogP contribution in [0.2, 0.25) is 0 Å². The van der Waals surface area contributed by atoms with Crippen molar-refractivity contribution in [1.82, 2.24) is 15.2 Å². The molecule has 1 aliphatic rings. The molecule has 1 aromatic rings. The molecule has 21 heavy (non-hydrogen) atoms. The monoisotopic (exact) mass is 333 g/mol. The highest BCUT2D eigenvalue weighted by Crippen LogP contribution is 2.28. The van der Waals surface area contributed by atoms with Gasteiger partial charge in [0.2, 0.25) is 5.91 Å². The quantitative estimate of drug-likeness (QED) is 0.921. The summed E-state index contributed by atoms with van der Waals surface area (Å²) in [5.74, 6) is 0.243. The smallest absolute Gasteiger partial charge is 0.230 e. The van der Waals surface area contributed by atoms with Gasteiger partial charge in [0, 0.05) is 19.3 Å². The van der Waals surface area contributed by atoms with Crippen LogP contribution in [0.5, 0.6) is 0 Å². The molecule has 0 spiro atoms. The van der Waals surface area contributed by atoms with E-state index in [9.17, 15) is 4.79 Å². The number of amides is 1. The molecule has 1 aliphatic heterocycles. The first-order valence-corrected chi connectivity index (χ1v) is 7.06. The van der Waals surface area contributed by atoms with Gasteiger partial charge in [0.15, 0.2) is 0 Å². The van der Waals surface area contributed by atoms with Crippen molar-refractivity contribution in [2.45, 2.75) is 33.2 Å². The van der Waals surface area contributed by atoms with Crippen LogP contribution in [0.1, 0.15) is 32.4 Å².